The fourth-order valence-electron chi connectivity index (χ4n) is 1.48. The second-order valence-electron chi connectivity index (χ2n) is 4.65. The summed E-state index contributed by atoms with van der Waals surface area (Å²) in [4.78, 5) is 11.4. The van der Waals surface area contributed by atoms with Crippen LogP contribution < -0.4 is 5.32 Å². The lowest BCUT2D eigenvalue weighted by Gasteiger charge is -2.25. The first-order valence-corrected chi connectivity index (χ1v) is 5.74. The zero-order valence-corrected chi connectivity index (χ0v) is 10.7. The van der Waals surface area contributed by atoms with Crippen molar-refractivity contribution in [1.82, 2.24) is 5.32 Å². The van der Waals surface area contributed by atoms with E-state index in [-0.39, 0.29) is 6.54 Å². The number of benzene rings is 1. The average molecular weight is 275 g/mol. The van der Waals surface area contributed by atoms with Gasteiger partial charge in [0.05, 0.1) is 6.42 Å². The molecule has 6 heteroatoms. The molecule has 0 heterocycles. The SMILES string of the molecule is Cc1ccccc1CNC(=O)C[C@@](C)(O)C(F)(F)F. The maximum atomic E-state index is 12.4. The molecule has 0 aliphatic heterocycles. The maximum absolute atomic E-state index is 12.4. The first-order valence-electron chi connectivity index (χ1n) is 5.74. The summed E-state index contributed by atoms with van der Waals surface area (Å²) in [5.74, 6) is -0.842. The maximum Gasteiger partial charge on any atom is 0.417 e. The molecule has 1 rings (SSSR count). The molecular formula is C13H16F3NO2. The molecule has 0 saturated heterocycles. The predicted octanol–water partition coefficient (Wildman–Crippen LogP) is 2.31. The van der Waals surface area contributed by atoms with Gasteiger partial charge in [-0.25, -0.2) is 0 Å². The molecule has 1 aromatic carbocycles. The van der Waals surface area contributed by atoms with Crippen LogP contribution in [0.25, 0.3) is 0 Å². The van der Waals surface area contributed by atoms with E-state index < -0.39 is 24.1 Å². The smallest absolute Gasteiger partial charge is 0.380 e. The van der Waals surface area contributed by atoms with Crippen LogP contribution in [-0.2, 0) is 11.3 Å². The van der Waals surface area contributed by atoms with Crippen LogP contribution in [0.4, 0.5) is 13.2 Å². The van der Waals surface area contributed by atoms with Gasteiger partial charge in [0, 0.05) is 6.54 Å². The van der Waals surface area contributed by atoms with Gasteiger partial charge in [-0.1, -0.05) is 24.3 Å². The normalized spacial score (nSPS) is 14.8. The molecule has 0 saturated carbocycles. The van der Waals surface area contributed by atoms with Gasteiger partial charge in [0.15, 0.2) is 5.60 Å². The van der Waals surface area contributed by atoms with E-state index in [0.717, 1.165) is 11.1 Å². The number of nitrogens with one attached hydrogen (secondary N) is 1. The van der Waals surface area contributed by atoms with Crippen LogP contribution in [-0.4, -0.2) is 22.8 Å². The van der Waals surface area contributed by atoms with Gasteiger partial charge < -0.3 is 10.4 Å². The Labute approximate surface area is 109 Å². The molecular weight excluding hydrogens is 259 g/mol. The highest BCUT2D eigenvalue weighted by atomic mass is 19.4. The van der Waals surface area contributed by atoms with E-state index in [4.69, 9.17) is 0 Å². The van der Waals surface area contributed by atoms with E-state index in [1.54, 1.807) is 12.1 Å². The van der Waals surface area contributed by atoms with E-state index in [9.17, 15) is 23.1 Å². The molecule has 0 bridgehead atoms. The topological polar surface area (TPSA) is 49.3 Å². The quantitative estimate of drug-likeness (QED) is 0.886. The lowest BCUT2D eigenvalue weighted by atomic mass is 10.0. The molecule has 1 aromatic rings. The fourth-order valence-corrected chi connectivity index (χ4v) is 1.48. The van der Waals surface area contributed by atoms with E-state index in [1.165, 1.54) is 0 Å². The van der Waals surface area contributed by atoms with E-state index in [2.05, 4.69) is 5.32 Å². The molecule has 1 amide bonds. The summed E-state index contributed by atoms with van der Waals surface area (Å²) >= 11 is 0. The minimum Gasteiger partial charge on any atom is -0.380 e. The van der Waals surface area contributed by atoms with Crippen LogP contribution in [0.2, 0.25) is 0 Å². The van der Waals surface area contributed by atoms with Gasteiger partial charge in [-0.15, -0.1) is 0 Å². The Morgan fingerprint density at radius 1 is 1.32 bits per heavy atom. The third-order valence-electron chi connectivity index (χ3n) is 2.85. The number of halogens is 3. The Morgan fingerprint density at radius 3 is 2.42 bits per heavy atom. The zero-order chi connectivity index (χ0) is 14.7. The minimum atomic E-state index is -4.83. The van der Waals surface area contributed by atoms with Gasteiger partial charge in [0.25, 0.3) is 0 Å². The number of amides is 1. The molecule has 2 N–H and O–H groups in total. The van der Waals surface area contributed by atoms with Crippen LogP contribution in [0, 0.1) is 6.92 Å². The van der Waals surface area contributed by atoms with Gasteiger partial charge in [0.2, 0.25) is 5.91 Å². The number of aliphatic hydroxyl groups is 1. The highest BCUT2D eigenvalue weighted by Crippen LogP contribution is 2.32. The number of aryl methyl sites for hydroxylation is 1. The molecule has 106 valence electrons. The third-order valence-corrected chi connectivity index (χ3v) is 2.85. The molecule has 0 fully saturated rings. The Morgan fingerprint density at radius 2 is 1.89 bits per heavy atom. The lowest BCUT2D eigenvalue weighted by Crippen LogP contribution is -2.46. The van der Waals surface area contributed by atoms with Crippen LogP contribution in [0.1, 0.15) is 24.5 Å². The largest absolute Gasteiger partial charge is 0.417 e. The standard InChI is InChI=1S/C13H16F3NO2/c1-9-5-3-4-6-10(9)8-17-11(18)7-12(2,19)13(14,15)16/h3-6,19H,7-8H2,1-2H3,(H,17,18)/t12-/m1/s1. The third kappa shape index (κ3) is 4.24. The second kappa shape index (κ2) is 5.61. The Bertz CT molecular complexity index is 455. The number of carbonyl (C=O) groups excluding carboxylic acids is 1. The summed E-state index contributed by atoms with van der Waals surface area (Å²) in [7, 11) is 0. The molecule has 0 radical (unpaired) electrons. The molecule has 19 heavy (non-hydrogen) atoms. The number of alkyl halides is 3. The summed E-state index contributed by atoms with van der Waals surface area (Å²) in [6.07, 6.45) is -5.84. The van der Waals surface area contributed by atoms with Crippen LogP contribution in [0.15, 0.2) is 24.3 Å². The van der Waals surface area contributed by atoms with Gasteiger partial charge >= 0.3 is 6.18 Å². The molecule has 3 nitrogen and oxygen atoms in total. The van der Waals surface area contributed by atoms with E-state index >= 15 is 0 Å². The van der Waals surface area contributed by atoms with Crippen molar-refractivity contribution >= 4 is 5.91 Å². The number of carbonyl (C=O) groups is 1. The van der Waals surface area contributed by atoms with Crippen molar-refractivity contribution in [2.24, 2.45) is 0 Å². The molecule has 1 atom stereocenters. The number of rotatable bonds is 4. The van der Waals surface area contributed by atoms with Gasteiger partial charge in [-0.2, -0.15) is 13.2 Å². The molecule has 0 spiro atoms. The van der Waals surface area contributed by atoms with Gasteiger partial charge in [-0.3, -0.25) is 4.79 Å². The average Bonchev–Trinajstić information content (AvgIpc) is 2.26. The van der Waals surface area contributed by atoms with Crippen molar-refractivity contribution in [1.29, 1.82) is 0 Å². The summed E-state index contributed by atoms with van der Waals surface area (Å²) in [6, 6.07) is 7.22. The minimum absolute atomic E-state index is 0.138. The summed E-state index contributed by atoms with van der Waals surface area (Å²) < 4.78 is 37.2. The first kappa shape index (κ1) is 15.5. The fraction of sp³-hybridized carbons (Fsp3) is 0.462. The van der Waals surface area contributed by atoms with Crippen LogP contribution in [0.5, 0.6) is 0 Å². The van der Waals surface area contributed by atoms with Gasteiger partial charge in [0.1, 0.15) is 0 Å². The van der Waals surface area contributed by atoms with Crippen LogP contribution in [0.3, 0.4) is 0 Å². The lowest BCUT2D eigenvalue weighted by molar-refractivity contribution is -0.253. The van der Waals surface area contributed by atoms with E-state index in [0.29, 0.717) is 6.92 Å². The van der Waals surface area contributed by atoms with Crippen molar-refractivity contribution in [3.63, 3.8) is 0 Å². The Kier molecular flexibility index (Phi) is 4.57. The van der Waals surface area contributed by atoms with Crippen LogP contribution >= 0.6 is 0 Å². The van der Waals surface area contributed by atoms with Crippen molar-refractivity contribution in [3.05, 3.63) is 35.4 Å². The molecule has 0 aliphatic carbocycles. The predicted molar refractivity (Wildman–Crippen MR) is 64.3 cm³/mol. The zero-order valence-electron chi connectivity index (χ0n) is 10.7. The highest BCUT2D eigenvalue weighted by Gasteiger charge is 2.50. The summed E-state index contributed by atoms with van der Waals surface area (Å²) in [6.45, 7) is 2.56. The number of hydrogen-bond acceptors (Lipinski definition) is 2. The van der Waals surface area contributed by atoms with Crippen molar-refractivity contribution in [2.75, 3.05) is 0 Å². The molecule has 0 aliphatic rings. The van der Waals surface area contributed by atoms with Gasteiger partial charge in [-0.05, 0) is 25.0 Å². The second-order valence-corrected chi connectivity index (χ2v) is 4.65. The van der Waals surface area contributed by atoms with Crippen molar-refractivity contribution in [3.8, 4) is 0 Å². The van der Waals surface area contributed by atoms with Crippen molar-refractivity contribution < 1.29 is 23.1 Å². The summed E-state index contributed by atoms with van der Waals surface area (Å²) in [5.41, 5.74) is -1.25. The van der Waals surface area contributed by atoms with E-state index in [1.807, 2.05) is 19.1 Å². The number of hydrogen-bond donors (Lipinski definition) is 2. The highest BCUT2D eigenvalue weighted by molar-refractivity contribution is 5.77. The molecule has 0 aromatic heterocycles. The van der Waals surface area contributed by atoms with Crippen molar-refractivity contribution in [2.45, 2.75) is 38.6 Å². The molecule has 0 unspecified atom stereocenters. The Balaban J connectivity index is 2.56. The first-order chi connectivity index (χ1) is 8.63. The summed E-state index contributed by atoms with van der Waals surface area (Å²) in [5, 5.41) is 11.6. The Hall–Kier alpha value is -1.56. The monoisotopic (exact) mass is 275 g/mol.